The molecule has 1 fully saturated rings. The maximum atomic E-state index is 10.8. The van der Waals surface area contributed by atoms with Gasteiger partial charge in [0.25, 0.3) is 0 Å². The predicted molar refractivity (Wildman–Crippen MR) is 260 cm³/mol. The first-order valence-electron chi connectivity index (χ1n) is 39.1. The van der Waals surface area contributed by atoms with Crippen LogP contribution >= 0.6 is 11.3 Å². The molecule has 290 valence electrons. The molecule has 1 aliphatic heterocycles. The zero-order valence-electron chi connectivity index (χ0n) is 72.1. The van der Waals surface area contributed by atoms with E-state index in [9.17, 15) is 42.5 Å². The molecule has 0 bridgehead atoms. The molecule has 60 heavy (non-hydrogen) atoms. The van der Waals surface area contributed by atoms with Crippen molar-refractivity contribution in [2.24, 2.45) is 0 Å². The van der Waals surface area contributed by atoms with E-state index in [1.165, 1.54) is 0 Å². The van der Waals surface area contributed by atoms with Crippen LogP contribution in [-0.2, 0) is 5.41 Å². The number of nitrogens with zero attached hydrogens (tertiary/aromatic N) is 2. The third-order valence-electron chi connectivity index (χ3n) is 10.6. The molecule has 0 amide bonds. The molecule has 0 radical (unpaired) electrons. The van der Waals surface area contributed by atoms with E-state index in [1.807, 2.05) is 0 Å². The second-order valence-electron chi connectivity index (χ2n) is 13.6. The summed E-state index contributed by atoms with van der Waals surface area (Å²) in [7, 11) is -6.85. The van der Waals surface area contributed by atoms with Gasteiger partial charge in [0.15, 0.2) is 8.07 Å². The number of hydrogen-bond donors (Lipinski definition) is 0. The number of aromatic nitrogens is 1. The minimum absolute atomic E-state index is 0.139. The Labute approximate surface area is 416 Å². The monoisotopic (exact) mass is 849 g/mol. The predicted octanol–water partition coefficient (Wildman–Crippen LogP) is 12.3. The minimum Gasteiger partial charge on any atom is -0.334 e. The molecule has 0 spiro atoms. The summed E-state index contributed by atoms with van der Waals surface area (Å²) in [6, 6.07) is -41.4. The van der Waals surface area contributed by atoms with E-state index in [0.29, 0.717) is 15.9 Å². The van der Waals surface area contributed by atoms with Crippen LogP contribution in [0.5, 0.6) is 0 Å². The first-order valence-corrected chi connectivity index (χ1v) is 20.6. The van der Waals surface area contributed by atoms with Crippen LogP contribution in [0.3, 0.4) is 0 Å². The Morgan fingerprint density at radius 2 is 1.18 bits per heavy atom. The molecule has 0 saturated heterocycles. The molecule has 6 atom stereocenters. The highest BCUT2D eigenvalue weighted by molar-refractivity contribution is 7.26. The van der Waals surface area contributed by atoms with E-state index in [1.54, 1.807) is 0 Å². The van der Waals surface area contributed by atoms with E-state index < -0.39 is 332 Å². The SMILES string of the molecule is [2H]c1c([2H])c([2H])c([Si](c2c([2H])c([2H])c([2H])c([2H])c2[2H])(c2c([2H])c([2H])c([2H])c(-n3c4c([2H])c([2H])c([2H])c([2H])c4c4c([2H])c(N5c6c([2H])c([2H])c([2H])c([2H])c6C6(C([2H])([2H])[2H])C([2H])C([2H])C([2H])C([2H])C56C([2H])([2H])[2H])c([2H])c([2H])c43)c2[2H])c2c([2H])c([2H])c3sc4c([2H])c([2H])c([2H])c([2H])c4c3c2[2H])c([2H])c1[2H]. The van der Waals surface area contributed by atoms with E-state index in [2.05, 4.69) is 0 Å². The Hall–Kier alpha value is -6.20. The molecule has 0 N–H and O–H groups in total. The zero-order valence-corrected chi connectivity index (χ0v) is 31.9. The van der Waals surface area contributed by atoms with Gasteiger partial charge in [0.05, 0.1) is 60.4 Å². The minimum atomic E-state index is -6.85. The Kier molecular flexibility index (Phi) is 2.94. The molecule has 3 heterocycles. The van der Waals surface area contributed by atoms with Crippen molar-refractivity contribution in [2.45, 2.75) is 50.2 Å². The molecule has 2 nitrogen and oxygen atoms in total. The average Bonchev–Trinajstić information content (AvgIpc) is 1.43. The van der Waals surface area contributed by atoms with Crippen molar-refractivity contribution in [1.29, 1.82) is 0 Å². The van der Waals surface area contributed by atoms with Gasteiger partial charge in [0.2, 0.25) is 0 Å². The highest BCUT2D eigenvalue weighted by atomic mass is 32.1. The molecule has 8 aromatic carbocycles. The Bertz CT molecular complexity index is 5420. The lowest BCUT2D eigenvalue weighted by molar-refractivity contribution is 0.195. The van der Waals surface area contributed by atoms with Gasteiger partial charge in [-0.3, -0.25) is 0 Å². The second-order valence-corrected chi connectivity index (χ2v) is 18.1. The van der Waals surface area contributed by atoms with Gasteiger partial charge in [-0.05, 0) is 100 Å². The Morgan fingerprint density at radius 3 is 2.00 bits per heavy atom. The molecule has 1 aliphatic carbocycles. The lowest BCUT2D eigenvalue weighted by Gasteiger charge is -2.50. The smallest absolute Gasteiger partial charge is 0.179 e. The van der Waals surface area contributed by atoms with Crippen molar-refractivity contribution in [2.75, 3.05) is 4.90 Å². The second kappa shape index (κ2) is 13.4. The number of anilines is 2. The Morgan fingerprint density at radius 1 is 0.517 bits per heavy atom. The first kappa shape index (κ1) is 13.1. The van der Waals surface area contributed by atoms with Crippen molar-refractivity contribution in [1.82, 2.24) is 4.57 Å². The molecule has 12 rings (SSSR count). The quantitative estimate of drug-likeness (QED) is 0.120. The Balaban J connectivity index is 1.39. The number of benzene rings is 8. The van der Waals surface area contributed by atoms with Gasteiger partial charge in [0, 0.05) is 67.1 Å². The summed E-state index contributed by atoms with van der Waals surface area (Å²) < 4.78 is 397. The summed E-state index contributed by atoms with van der Waals surface area (Å²) in [5.74, 6) is 0. The molecule has 2 aromatic heterocycles. The standard InChI is InChI=1S/C56H46N2SSi/c1-55-34-15-16-35-56(55,2)58(52-28-13-11-26-49(52)55)40-30-32-51-47(37-40)45-24-9-12-27-50(45)57(51)39-18-17-23-43(36-39)60(41-19-5-3-6-20-41,42-21-7-4-8-22-42)44-31-33-54-48(38-44)46-25-10-14-29-53(46)59-54/h3-14,17-33,36-38H,15-16,34-35H2,1-2H3/i1D3,2D3,3D,4D,5D,6D,7D,8D,9D,10D,11D,12D,13D,14D,15D,16D,17D,18D,19D,20D,21D,22D,23D,24D,25D,26D,27D,28D,29D,30D,31D,32D,33D,34D,35D,36D,37D,38D. The first-order chi connectivity index (χ1) is 47.0. The van der Waals surface area contributed by atoms with Crippen molar-refractivity contribution in [3.05, 3.63) is 199 Å². The van der Waals surface area contributed by atoms with Gasteiger partial charge in [-0.15, -0.1) is 11.3 Å². The van der Waals surface area contributed by atoms with Crippen LogP contribution in [0.15, 0.2) is 193 Å². The maximum Gasteiger partial charge on any atom is 0.179 e. The number of para-hydroxylation sites is 2. The third kappa shape index (κ3) is 4.92. The lowest BCUT2D eigenvalue weighted by Crippen LogP contribution is -2.74. The summed E-state index contributed by atoms with van der Waals surface area (Å²) in [4.78, 5) is 0.139. The van der Waals surface area contributed by atoms with Gasteiger partial charge in [0.1, 0.15) is 0 Å². The highest BCUT2D eigenvalue weighted by Crippen LogP contribution is 2.60. The van der Waals surface area contributed by atoms with E-state index in [-0.39, 0.29) is 9.60 Å². The van der Waals surface area contributed by atoms with Crippen molar-refractivity contribution < 1.29 is 57.6 Å². The number of thiophene rings is 1. The maximum absolute atomic E-state index is 10.8. The van der Waals surface area contributed by atoms with Crippen LogP contribution in [0.25, 0.3) is 47.7 Å². The molecule has 4 heteroatoms. The fourth-order valence-corrected chi connectivity index (χ4v) is 12.5. The topological polar surface area (TPSA) is 8.17 Å². The number of hydrogen-bond acceptors (Lipinski definition) is 2. The van der Waals surface area contributed by atoms with Crippen molar-refractivity contribution in [3.8, 4) is 5.69 Å². The van der Waals surface area contributed by atoms with Gasteiger partial charge in [-0.1, -0.05) is 159 Å². The molecule has 1 saturated carbocycles. The van der Waals surface area contributed by atoms with Gasteiger partial charge < -0.3 is 9.47 Å². The van der Waals surface area contributed by atoms with E-state index in [4.69, 9.17) is 15.1 Å². The summed E-state index contributed by atoms with van der Waals surface area (Å²) in [6.45, 7) is -8.32. The van der Waals surface area contributed by atoms with E-state index >= 15 is 0 Å². The molecular weight excluding hydrogens is 761 g/mol. The molecule has 10 aromatic rings. The van der Waals surface area contributed by atoms with E-state index in [0.717, 1.165) is 0 Å². The molecular formula is C56H46N2SSi. The fourth-order valence-electron chi connectivity index (χ4n) is 7.99. The van der Waals surface area contributed by atoms with Crippen LogP contribution in [-0.4, -0.2) is 18.2 Å². The van der Waals surface area contributed by atoms with Crippen LogP contribution in [0.4, 0.5) is 11.4 Å². The van der Waals surface area contributed by atoms with Crippen LogP contribution in [0.1, 0.15) is 102 Å². The summed E-state index contributed by atoms with van der Waals surface area (Å²) in [6.07, 6.45) is -10.5. The average molecular weight is 849 g/mol. The molecule has 6 unspecified atom stereocenters. The number of rotatable bonds is 6. The molecule has 2 aliphatic rings. The van der Waals surface area contributed by atoms with Crippen LogP contribution < -0.4 is 25.6 Å². The number of fused-ring (bicyclic) bond motifs is 9. The van der Waals surface area contributed by atoms with Crippen molar-refractivity contribution >= 4 is 93.5 Å². The van der Waals surface area contributed by atoms with Gasteiger partial charge in [-0.2, -0.15) is 0 Å². The normalized spacial score (nSPS) is 34.2. The van der Waals surface area contributed by atoms with Crippen molar-refractivity contribution in [3.63, 3.8) is 0 Å². The highest BCUT2D eigenvalue weighted by Gasteiger charge is 2.57. The summed E-state index contributed by atoms with van der Waals surface area (Å²) in [5.41, 5.74) is -15.3. The van der Waals surface area contributed by atoms with Gasteiger partial charge in [-0.25, -0.2) is 0 Å². The largest absolute Gasteiger partial charge is 0.334 e. The van der Waals surface area contributed by atoms with Crippen LogP contribution in [0.2, 0.25) is 0 Å². The fraction of sp³-hybridized carbons (Fsp3) is 0.143. The van der Waals surface area contributed by atoms with Gasteiger partial charge >= 0.3 is 0 Å². The lowest BCUT2D eigenvalue weighted by atomic mass is 9.61. The van der Waals surface area contributed by atoms with Crippen LogP contribution in [0, 0.1) is 0 Å². The summed E-state index contributed by atoms with van der Waals surface area (Å²) >= 11 is 0.445. The zero-order chi connectivity index (χ0) is 76.4. The summed E-state index contributed by atoms with van der Waals surface area (Å²) in [5, 5.41) is -8.71. The third-order valence-corrected chi connectivity index (χ3v) is 15.6.